The molecule has 0 spiro atoms. The molecule has 1 aliphatic carbocycles. The van der Waals surface area contributed by atoms with E-state index in [1.165, 1.54) is 18.8 Å². The zero-order chi connectivity index (χ0) is 27.9. The number of pyridine rings is 1. The molecule has 1 saturated carbocycles. The molecule has 10 heteroatoms. The molecule has 2 heterocycles. The Hall–Kier alpha value is -3.66. The molecule has 39 heavy (non-hydrogen) atoms. The number of carbonyl (C=O) groups is 3. The fourth-order valence-electron chi connectivity index (χ4n) is 5.14. The van der Waals surface area contributed by atoms with Crippen molar-refractivity contribution in [1.29, 1.82) is 0 Å². The Kier molecular flexibility index (Phi) is 9.40. The molecule has 1 fully saturated rings. The van der Waals surface area contributed by atoms with Crippen molar-refractivity contribution in [3.8, 4) is 5.75 Å². The molecule has 2 aromatic rings. The molecule has 3 atom stereocenters. The average Bonchev–Trinajstić information content (AvgIpc) is 2.95. The van der Waals surface area contributed by atoms with E-state index in [2.05, 4.69) is 15.6 Å². The molecular formula is C29H39N5O5. The molecule has 0 unspecified atom stereocenters. The maximum Gasteiger partial charge on any atom is 0.317 e. The summed E-state index contributed by atoms with van der Waals surface area (Å²) in [5.41, 5.74) is 1.06. The number of hydrogen-bond acceptors (Lipinski definition) is 6. The van der Waals surface area contributed by atoms with Crippen LogP contribution in [0.3, 0.4) is 0 Å². The van der Waals surface area contributed by atoms with Crippen molar-refractivity contribution in [2.24, 2.45) is 5.92 Å². The van der Waals surface area contributed by atoms with Crippen LogP contribution < -0.4 is 15.4 Å². The molecule has 0 saturated heterocycles. The molecule has 4 rings (SSSR count). The predicted molar refractivity (Wildman–Crippen MR) is 148 cm³/mol. The first-order chi connectivity index (χ1) is 18.8. The van der Waals surface area contributed by atoms with Crippen LogP contribution in [-0.2, 0) is 0 Å². The topological polar surface area (TPSA) is 124 Å². The van der Waals surface area contributed by atoms with E-state index in [1.807, 2.05) is 6.92 Å². The van der Waals surface area contributed by atoms with Crippen molar-refractivity contribution in [2.45, 2.75) is 64.1 Å². The Bertz CT molecular complexity index is 1150. The van der Waals surface area contributed by atoms with Crippen LogP contribution in [0.2, 0.25) is 0 Å². The summed E-state index contributed by atoms with van der Waals surface area (Å²) in [4.78, 5) is 46.9. The van der Waals surface area contributed by atoms with Crippen LogP contribution in [0.5, 0.6) is 5.75 Å². The highest BCUT2D eigenvalue weighted by atomic mass is 16.5. The smallest absolute Gasteiger partial charge is 0.317 e. The predicted octanol–water partition coefficient (Wildman–Crippen LogP) is 3.53. The second-order valence-corrected chi connectivity index (χ2v) is 10.7. The molecule has 1 aromatic carbocycles. The van der Waals surface area contributed by atoms with Gasteiger partial charge in [0.05, 0.1) is 30.4 Å². The van der Waals surface area contributed by atoms with E-state index in [0.29, 0.717) is 17.8 Å². The van der Waals surface area contributed by atoms with Crippen molar-refractivity contribution < 1.29 is 24.2 Å². The monoisotopic (exact) mass is 537 g/mol. The van der Waals surface area contributed by atoms with Crippen LogP contribution in [0.15, 0.2) is 42.7 Å². The fraction of sp³-hybridized carbons (Fsp3) is 0.517. The summed E-state index contributed by atoms with van der Waals surface area (Å²) in [5, 5.41) is 15.9. The number of urea groups is 1. The highest BCUT2D eigenvalue weighted by Crippen LogP contribution is 2.35. The number of carbonyl (C=O) groups excluding carboxylic acids is 3. The van der Waals surface area contributed by atoms with Crippen LogP contribution in [0.4, 0.5) is 10.5 Å². The van der Waals surface area contributed by atoms with E-state index in [9.17, 15) is 19.5 Å². The van der Waals surface area contributed by atoms with E-state index in [-0.39, 0.29) is 54.3 Å². The van der Waals surface area contributed by atoms with Gasteiger partial charge in [0, 0.05) is 43.5 Å². The van der Waals surface area contributed by atoms with Crippen LogP contribution in [0.1, 0.15) is 66.7 Å². The lowest BCUT2D eigenvalue weighted by atomic mass is 9.96. The highest BCUT2D eigenvalue weighted by molar-refractivity contribution is 6.07. The van der Waals surface area contributed by atoms with Gasteiger partial charge in [0.15, 0.2) is 5.75 Å². The van der Waals surface area contributed by atoms with Crippen molar-refractivity contribution >= 4 is 23.5 Å². The average molecular weight is 538 g/mol. The van der Waals surface area contributed by atoms with E-state index in [4.69, 9.17) is 4.74 Å². The van der Waals surface area contributed by atoms with Gasteiger partial charge in [-0.15, -0.1) is 0 Å². The summed E-state index contributed by atoms with van der Waals surface area (Å²) in [7, 11) is 1.74. The lowest BCUT2D eigenvalue weighted by Gasteiger charge is -2.38. The van der Waals surface area contributed by atoms with Gasteiger partial charge in [-0.2, -0.15) is 0 Å². The Morgan fingerprint density at radius 1 is 1.18 bits per heavy atom. The number of amides is 4. The second kappa shape index (κ2) is 12.9. The van der Waals surface area contributed by atoms with E-state index < -0.39 is 12.1 Å². The quantitative estimate of drug-likeness (QED) is 0.497. The van der Waals surface area contributed by atoms with E-state index in [0.717, 1.165) is 25.7 Å². The van der Waals surface area contributed by atoms with Crippen molar-refractivity contribution in [1.82, 2.24) is 20.1 Å². The lowest BCUT2D eigenvalue weighted by Crippen LogP contribution is -2.52. The molecule has 1 aliphatic heterocycles. The Morgan fingerprint density at radius 2 is 1.90 bits per heavy atom. The van der Waals surface area contributed by atoms with Gasteiger partial charge >= 0.3 is 6.03 Å². The number of hydrogen-bond donors (Lipinski definition) is 3. The summed E-state index contributed by atoms with van der Waals surface area (Å²) < 4.78 is 6.50. The zero-order valence-electron chi connectivity index (χ0n) is 22.9. The number of aliphatic hydroxyl groups excluding tert-OH is 1. The number of anilines is 1. The molecule has 0 bridgehead atoms. The summed E-state index contributed by atoms with van der Waals surface area (Å²) in [6.07, 6.45) is 8.00. The van der Waals surface area contributed by atoms with Crippen molar-refractivity contribution in [3.63, 3.8) is 0 Å². The number of benzene rings is 1. The number of aromatic nitrogens is 1. The summed E-state index contributed by atoms with van der Waals surface area (Å²) in [6, 6.07) is 7.83. The van der Waals surface area contributed by atoms with Gasteiger partial charge in [-0.05, 0) is 44.0 Å². The minimum Gasteiger partial charge on any atom is -0.485 e. The summed E-state index contributed by atoms with van der Waals surface area (Å²) >= 11 is 0. The SMILES string of the molecule is C[C@@H]1CN([C@@H](C)CO)C(=O)c2cccc(NC(=O)c3ccncc3)c2O[C@H]1CN(C)C(=O)NC1CCCCC1. The third-order valence-electron chi connectivity index (χ3n) is 7.62. The van der Waals surface area contributed by atoms with Gasteiger partial charge in [-0.25, -0.2) is 4.79 Å². The van der Waals surface area contributed by atoms with Crippen LogP contribution >= 0.6 is 0 Å². The summed E-state index contributed by atoms with van der Waals surface area (Å²) in [6.45, 7) is 4.19. The van der Waals surface area contributed by atoms with Crippen LogP contribution in [0.25, 0.3) is 0 Å². The number of nitrogens with one attached hydrogen (secondary N) is 2. The number of fused-ring (bicyclic) bond motifs is 1. The third-order valence-corrected chi connectivity index (χ3v) is 7.62. The maximum absolute atomic E-state index is 13.6. The molecule has 2 aliphatic rings. The largest absolute Gasteiger partial charge is 0.485 e. The highest BCUT2D eigenvalue weighted by Gasteiger charge is 2.35. The second-order valence-electron chi connectivity index (χ2n) is 10.7. The first-order valence-corrected chi connectivity index (χ1v) is 13.7. The Balaban J connectivity index is 1.62. The van der Waals surface area contributed by atoms with Crippen LogP contribution in [-0.4, -0.2) is 82.7 Å². The summed E-state index contributed by atoms with van der Waals surface area (Å²) in [5.74, 6) is -0.582. The fourth-order valence-corrected chi connectivity index (χ4v) is 5.14. The number of ether oxygens (including phenoxy) is 1. The van der Waals surface area contributed by atoms with Gasteiger partial charge < -0.3 is 30.3 Å². The van der Waals surface area contributed by atoms with Gasteiger partial charge in [0.1, 0.15) is 6.10 Å². The van der Waals surface area contributed by atoms with Gasteiger partial charge in [0.25, 0.3) is 11.8 Å². The number of nitrogens with zero attached hydrogens (tertiary/aromatic N) is 3. The van der Waals surface area contributed by atoms with E-state index in [1.54, 1.807) is 54.1 Å². The molecule has 210 valence electrons. The first kappa shape index (κ1) is 28.4. The maximum atomic E-state index is 13.6. The number of aliphatic hydroxyl groups is 1. The molecular weight excluding hydrogens is 498 g/mol. The van der Waals surface area contributed by atoms with Gasteiger partial charge in [-0.1, -0.05) is 32.3 Å². The number of rotatable bonds is 7. The Morgan fingerprint density at radius 3 is 2.59 bits per heavy atom. The number of likely N-dealkylation sites (N-methyl/N-ethyl adjacent to an activating group) is 1. The molecule has 4 amide bonds. The van der Waals surface area contributed by atoms with Gasteiger partial charge in [-0.3, -0.25) is 14.6 Å². The zero-order valence-corrected chi connectivity index (χ0v) is 22.9. The normalized spacial score (nSPS) is 20.6. The molecule has 3 N–H and O–H groups in total. The van der Waals surface area contributed by atoms with Gasteiger partial charge in [0.2, 0.25) is 0 Å². The minimum atomic E-state index is -0.480. The number of para-hydroxylation sites is 1. The Labute approximate surface area is 229 Å². The van der Waals surface area contributed by atoms with Crippen LogP contribution in [0, 0.1) is 5.92 Å². The standard InChI is InChI=1S/C29H39N5O5/c1-19-16-34(20(2)18-35)28(37)23-10-7-11-24(32-27(36)21-12-14-30-15-13-21)26(23)39-25(19)17-33(3)29(38)31-22-8-5-4-6-9-22/h7,10-15,19-20,22,25,35H,4-6,8-9,16-18H2,1-3H3,(H,31,38)(H,32,36)/t19-,20+,25+/m1/s1. The minimum absolute atomic E-state index is 0.157. The van der Waals surface area contributed by atoms with Crippen molar-refractivity contribution in [3.05, 3.63) is 53.9 Å². The lowest BCUT2D eigenvalue weighted by molar-refractivity contribution is 0.0367. The first-order valence-electron chi connectivity index (χ1n) is 13.7. The van der Waals surface area contributed by atoms with E-state index >= 15 is 0 Å². The molecule has 1 aromatic heterocycles. The molecule has 10 nitrogen and oxygen atoms in total. The molecule has 0 radical (unpaired) electrons. The third kappa shape index (κ3) is 6.86. The van der Waals surface area contributed by atoms with Crippen molar-refractivity contribution in [2.75, 3.05) is 32.1 Å².